The van der Waals surface area contributed by atoms with E-state index in [0.717, 1.165) is 57.8 Å². The number of carboxylic acid groups (broad SMARTS) is 1. The van der Waals surface area contributed by atoms with E-state index in [1.54, 1.807) is 0 Å². The van der Waals surface area contributed by atoms with Crippen LogP contribution in [-0.4, -0.2) is 59.9 Å². The number of carbonyl (C=O) groups excluding carboxylic acids is 2. The Morgan fingerprint density at radius 3 is 1.40 bits per heavy atom. The van der Waals surface area contributed by atoms with Gasteiger partial charge in [-0.1, -0.05) is 154 Å². The number of phosphoric ester groups is 1. The number of hydrogen-bond donors (Lipinski definition) is 3. The van der Waals surface area contributed by atoms with Gasteiger partial charge in [0.25, 0.3) is 0 Å². The molecule has 0 heterocycles. The molecule has 0 saturated carbocycles. The number of unbranched alkanes of at least 4 members (excludes halogenated alkanes) is 23. The van der Waals surface area contributed by atoms with E-state index >= 15 is 0 Å². The van der Waals surface area contributed by atoms with Crippen LogP contribution in [0.3, 0.4) is 0 Å². The van der Waals surface area contributed by atoms with Crippen LogP contribution in [0.1, 0.15) is 194 Å². The fourth-order valence-corrected chi connectivity index (χ4v) is 6.48. The SMILES string of the molecule is CCCCCCCC/C=C\CCCCCCCC(=O)O[C@H](COC(=O)CCCCCCCCCCCCCCC)COP(=O)(O)OC[C@@H](N)C(=O)O. The van der Waals surface area contributed by atoms with E-state index in [4.69, 9.17) is 24.8 Å². The lowest BCUT2D eigenvalue weighted by Crippen LogP contribution is -2.34. The Morgan fingerprint density at radius 2 is 0.962 bits per heavy atom. The average Bonchev–Trinajstić information content (AvgIpc) is 3.12. The number of phosphoric acid groups is 1. The smallest absolute Gasteiger partial charge is 0.472 e. The van der Waals surface area contributed by atoms with E-state index in [0.29, 0.717) is 12.8 Å². The molecule has 0 saturated heterocycles. The highest BCUT2D eigenvalue weighted by atomic mass is 31.2. The predicted molar refractivity (Wildman–Crippen MR) is 208 cm³/mol. The second-order valence-electron chi connectivity index (χ2n) is 14.1. The summed E-state index contributed by atoms with van der Waals surface area (Å²) in [6, 6.07) is -1.52. The van der Waals surface area contributed by atoms with Gasteiger partial charge in [0.15, 0.2) is 6.10 Å². The number of nitrogens with two attached hydrogens (primary N) is 1. The van der Waals surface area contributed by atoms with Gasteiger partial charge >= 0.3 is 25.7 Å². The van der Waals surface area contributed by atoms with Crippen molar-refractivity contribution in [3.63, 3.8) is 0 Å². The van der Waals surface area contributed by atoms with Gasteiger partial charge in [0.2, 0.25) is 0 Å². The van der Waals surface area contributed by atoms with Gasteiger partial charge < -0.3 is 25.2 Å². The van der Waals surface area contributed by atoms with Crippen molar-refractivity contribution in [2.45, 2.75) is 206 Å². The van der Waals surface area contributed by atoms with Crippen molar-refractivity contribution in [3.05, 3.63) is 12.2 Å². The van der Waals surface area contributed by atoms with Crippen LogP contribution >= 0.6 is 7.82 Å². The summed E-state index contributed by atoms with van der Waals surface area (Å²) in [6.45, 7) is 2.79. The lowest BCUT2D eigenvalue weighted by molar-refractivity contribution is -0.161. The lowest BCUT2D eigenvalue weighted by atomic mass is 10.0. The van der Waals surface area contributed by atoms with E-state index in [1.165, 1.54) is 96.3 Å². The van der Waals surface area contributed by atoms with Crippen LogP contribution in [-0.2, 0) is 37.5 Å². The summed E-state index contributed by atoms with van der Waals surface area (Å²) < 4.78 is 32.6. The van der Waals surface area contributed by atoms with Gasteiger partial charge in [-0.2, -0.15) is 0 Å². The zero-order chi connectivity index (χ0) is 38.5. The number of rotatable bonds is 39. The van der Waals surface area contributed by atoms with Crippen molar-refractivity contribution in [2.75, 3.05) is 19.8 Å². The largest absolute Gasteiger partial charge is 0.480 e. The van der Waals surface area contributed by atoms with Crippen molar-refractivity contribution in [1.29, 1.82) is 0 Å². The normalized spacial score (nSPS) is 13.9. The Balaban J connectivity index is 4.39. The maximum absolute atomic E-state index is 12.6. The Labute approximate surface area is 316 Å². The molecular weight excluding hydrogens is 685 g/mol. The van der Waals surface area contributed by atoms with Crippen LogP contribution in [0, 0.1) is 0 Å². The molecule has 306 valence electrons. The summed E-state index contributed by atoms with van der Waals surface area (Å²) in [5.41, 5.74) is 5.32. The summed E-state index contributed by atoms with van der Waals surface area (Å²) in [4.78, 5) is 45.8. The molecule has 3 atom stereocenters. The summed E-state index contributed by atoms with van der Waals surface area (Å²) in [5.74, 6) is -2.38. The van der Waals surface area contributed by atoms with Crippen molar-refractivity contribution < 1.29 is 47.5 Å². The maximum Gasteiger partial charge on any atom is 0.472 e. The van der Waals surface area contributed by atoms with Gasteiger partial charge in [0.1, 0.15) is 12.6 Å². The fraction of sp³-hybridized carbons (Fsp3) is 0.875. The molecular formula is C40H76NO10P. The molecule has 0 bridgehead atoms. The Morgan fingerprint density at radius 1 is 0.577 bits per heavy atom. The number of hydrogen-bond acceptors (Lipinski definition) is 9. The van der Waals surface area contributed by atoms with Crippen LogP contribution in [0.15, 0.2) is 12.2 Å². The van der Waals surface area contributed by atoms with E-state index < -0.39 is 51.1 Å². The molecule has 0 aromatic carbocycles. The molecule has 1 unspecified atom stereocenters. The summed E-state index contributed by atoms with van der Waals surface area (Å²) in [6.07, 6.45) is 34.2. The zero-order valence-electron chi connectivity index (χ0n) is 32.9. The second kappa shape index (κ2) is 36.2. The van der Waals surface area contributed by atoms with Crippen LogP contribution in [0.5, 0.6) is 0 Å². The molecule has 0 rings (SSSR count). The highest BCUT2D eigenvalue weighted by Gasteiger charge is 2.28. The first-order valence-corrected chi connectivity index (χ1v) is 22.2. The van der Waals surface area contributed by atoms with Gasteiger partial charge in [-0.25, -0.2) is 4.57 Å². The number of esters is 2. The van der Waals surface area contributed by atoms with E-state index in [9.17, 15) is 23.8 Å². The Hall–Kier alpha value is -1.78. The minimum absolute atomic E-state index is 0.155. The molecule has 0 radical (unpaired) electrons. The third kappa shape index (κ3) is 35.3. The third-order valence-electron chi connectivity index (χ3n) is 9.01. The molecule has 0 aliphatic heterocycles. The van der Waals surface area contributed by atoms with Crippen molar-refractivity contribution in [1.82, 2.24) is 0 Å². The molecule has 11 nitrogen and oxygen atoms in total. The zero-order valence-corrected chi connectivity index (χ0v) is 33.8. The second-order valence-corrected chi connectivity index (χ2v) is 15.6. The van der Waals surface area contributed by atoms with Gasteiger partial charge in [0, 0.05) is 12.8 Å². The maximum atomic E-state index is 12.6. The molecule has 52 heavy (non-hydrogen) atoms. The average molecular weight is 762 g/mol. The molecule has 0 aromatic heterocycles. The van der Waals surface area contributed by atoms with E-state index in [2.05, 4.69) is 30.5 Å². The number of allylic oxidation sites excluding steroid dienone is 2. The Bertz CT molecular complexity index is 947. The van der Waals surface area contributed by atoms with Crippen LogP contribution < -0.4 is 5.73 Å². The molecule has 0 fully saturated rings. The minimum atomic E-state index is -4.71. The quantitative estimate of drug-likeness (QED) is 0.0235. The number of ether oxygens (including phenoxy) is 2. The molecule has 12 heteroatoms. The standard InChI is InChI=1S/C40H76NO10P/c1-3-5-7-9-11-13-15-17-18-20-22-24-26-28-30-32-39(43)51-36(34-49-52(46,47)50-35-37(41)40(44)45)33-48-38(42)31-29-27-25-23-21-19-16-14-12-10-8-6-4-2/h17-18,36-37H,3-16,19-35,41H2,1-2H3,(H,44,45)(H,46,47)/b18-17-/t36-,37-/m1/s1. The van der Waals surface area contributed by atoms with Crippen LogP contribution in [0.25, 0.3) is 0 Å². The molecule has 0 spiro atoms. The van der Waals surface area contributed by atoms with Crippen LogP contribution in [0.2, 0.25) is 0 Å². The fourth-order valence-electron chi connectivity index (χ4n) is 5.71. The van der Waals surface area contributed by atoms with Gasteiger partial charge in [0.05, 0.1) is 13.2 Å². The molecule has 0 aliphatic carbocycles. The number of carbonyl (C=O) groups is 3. The molecule has 0 aromatic rings. The predicted octanol–water partition coefficient (Wildman–Crippen LogP) is 10.5. The molecule has 4 N–H and O–H groups in total. The van der Waals surface area contributed by atoms with Crippen molar-refractivity contribution >= 4 is 25.7 Å². The van der Waals surface area contributed by atoms with Gasteiger partial charge in [-0.05, 0) is 38.5 Å². The minimum Gasteiger partial charge on any atom is -0.480 e. The third-order valence-corrected chi connectivity index (χ3v) is 9.96. The highest BCUT2D eigenvalue weighted by Crippen LogP contribution is 2.43. The highest BCUT2D eigenvalue weighted by molar-refractivity contribution is 7.47. The molecule has 0 aliphatic rings. The molecule has 0 amide bonds. The van der Waals surface area contributed by atoms with E-state index in [-0.39, 0.29) is 19.4 Å². The number of carboxylic acids is 1. The lowest BCUT2D eigenvalue weighted by Gasteiger charge is -2.20. The van der Waals surface area contributed by atoms with Crippen molar-refractivity contribution in [2.24, 2.45) is 5.73 Å². The number of aliphatic carboxylic acids is 1. The van der Waals surface area contributed by atoms with Crippen LogP contribution in [0.4, 0.5) is 0 Å². The monoisotopic (exact) mass is 762 g/mol. The first-order chi connectivity index (χ1) is 25.1. The summed E-state index contributed by atoms with van der Waals surface area (Å²) in [5, 5.41) is 8.87. The summed E-state index contributed by atoms with van der Waals surface area (Å²) in [7, 11) is -4.71. The topological polar surface area (TPSA) is 172 Å². The van der Waals surface area contributed by atoms with Gasteiger partial charge in [-0.15, -0.1) is 0 Å². The van der Waals surface area contributed by atoms with Gasteiger partial charge in [-0.3, -0.25) is 23.4 Å². The first-order valence-electron chi connectivity index (χ1n) is 20.7. The Kier molecular flexibility index (Phi) is 35.0. The van der Waals surface area contributed by atoms with E-state index in [1.807, 2.05) is 0 Å². The summed E-state index contributed by atoms with van der Waals surface area (Å²) >= 11 is 0. The first kappa shape index (κ1) is 50.2. The van der Waals surface area contributed by atoms with Crippen molar-refractivity contribution in [3.8, 4) is 0 Å².